The lowest BCUT2D eigenvalue weighted by Crippen LogP contribution is -2.30. The Bertz CT molecular complexity index is 188. The molecule has 0 radical (unpaired) electrons. The average Bonchev–Trinajstić information content (AvgIpc) is 2.10. The summed E-state index contributed by atoms with van der Waals surface area (Å²) in [6, 6.07) is 0. The molecule has 0 fully saturated rings. The Labute approximate surface area is 59.3 Å². The van der Waals surface area contributed by atoms with E-state index in [0.29, 0.717) is 6.42 Å². The third-order valence-electron chi connectivity index (χ3n) is 1.64. The van der Waals surface area contributed by atoms with E-state index in [1.54, 1.807) is 11.9 Å². The van der Waals surface area contributed by atoms with Gasteiger partial charge in [-0.25, -0.2) is 0 Å². The van der Waals surface area contributed by atoms with Crippen molar-refractivity contribution < 1.29 is 4.92 Å². The van der Waals surface area contributed by atoms with Gasteiger partial charge in [0.2, 0.25) is 0 Å². The van der Waals surface area contributed by atoms with E-state index < -0.39 is 6.17 Å². The first-order valence-electron chi connectivity index (χ1n) is 3.14. The molecule has 0 N–H and O–H groups in total. The molecule has 0 saturated carbocycles. The molecular formula is C6H10N2O2. The van der Waals surface area contributed by atoms with Crippen molar-refractivity contribution in [1.82, 2.24) is 4.90 Å². The SMILES string of the molecule is CC1=CN(C)C([N+](=O)[O-])C1. The summed E-state index contributed by atoms with van der Waals surface area (Å²) >= 11 is 0. The second-order valence-corrected chi connectivity index (χ2v) is 2.61. The molecule has 1 unspecified atom stereocenters. The molecule has 1 aliphatic rings. The maximum atomic E-state index is 10.3. The summed E-state index contributed by atoms with van der Waals surface area (Å²) in [4.78, 5) is 11.7. The van der Waals surface area contributed by atoms with Crippen molar-refractivity contribution in [3.8, 4) is 0 Å². The molecule has 1 aliphatic heterocycles. The molecule has 1 rings (SSSR count). The van der Waals surface area contributed by atoms with Crippen LogP contribution in [0.2, 0.25) is 0 Å². The van der Waals surface area contributed by atoms with Crippen LogP contribution in [0.3, 0.4) is 0 Å². The van der Waals surface area contributed by atoms with Crippen LogP contribution in [0, 0.1) is 10.1 Å². The zero-order valence-electron chi connectivity index (χ0n) is 6.07. The Hall–Kier alpha value is -1.06. The van der Waals surface area contributed by atoms with Crippen molar-refractivity contribution in [2.45, 2.75) is 19.5 Å². The number of hydrogen-bond donors (Lipinski definition) is 0. The molecule has 4 nitrogen and oxygen atoms in total. The summed E-state index contributed by atoms with van der Waals surface area (Å²) in [6.45, 7) is 1.90. The lowest BCUT2D eigenvalue weighted by atomic mass is 10.2. The number of rotatable bonds is 1. The number of nitro groups is 1. The van der Waals surface area contributed by atoms with Gasteiger partial charge in [0.05, 0.1) is 6.42 Å². The zero-order chi connectivity index (χ0) is 7.72. The minimum absolute atomic E-state index is 0.257. The molecule has 4 heteroatoms. The van der Waals surface area contributed by atoms with E-state index >= 15 is 0 Å². The lowest BCUT2D eigenvalue weighted by Gasteiger charge is -2.11. The summed E-state index contributed by atoms with van der Waals surface area (Å²) in [6.07, 6.45) is 1.84. The van der Waals surface area contributed by atoms with E-state index in [2.05, 4.69) is 0 Å². The van der Waals surface area contributed by atoms with Crippen molar-refractivity contribution in [2.75, 3.05) is 7.05 Å². The highest BCUT2D eigenvalue weighted by atomic mass is 16.6. The number of nitrogens with zero attached hydrogens (tertiary/aromatic N) is 2. The van der Waals surface area contributed by atoms with Crippen LogP contribution in [0.5, 0.6) is 0 Å². The predicted molar refractivity (Wildman–Crippen MR) is 36.9 cm³/mol. The summed E-state index contributed by atoms with van der Waals surface area (Å²) in [7, 11) is 1.73. The van der Waals surface area contributed by atoms with Crippen LogP contribution in [0.1, 0.15) is 13.3 Å². The van der Waals surface area contributed by atoms with E-state index in [-0.39, 0.29) is 4.92 Å². The first-order chi connectivity index (χ1) is 4.61. The third-order valence-corrected chi connectivity index (χ3v) is 1.64. The van der Waals surface area contributed by atoms with Gasteiger partial charge in [0, 0.05) is 18.2 Å². The normalized spacial score (nSPS) is 24.8. The fourth-order valence-corrected chi connectivity index (χ4v) is 1.14. The van der Waals surface area contributed by atoms with Crippen LogP contribution < -0.4 is 0 Å². The molecule has 0 amide bonds. The van der Waals surface area contributed by atoms with E-state index in [4.69, 9.17) is 0 Å². The minimum Gasteiger partial charge on any atom is -0.320 e. The van der Waals surface area contributed by atoms with Gasteiger partial charge < -0.3 is 4.90 Å². The lowest BCUT2D eigenvalue weighted by molar-refractivity contribution is -0.542. The fourth-order valence-electron chi connectivity index (χ4n) is 1.14. The zero-order valence-corrected chi connectivity index (χ0v) is 6.07. The molecule has 0 saturated heterocycles. The van der Waals surface area contributed by atoms with Gasteiger partial charge in [0.15, 0.2) is 0 Å². The van der Waals surface area contributed by atoms with Crippen LogP contribution >= 0.6 is 0 Å². The Morgan fingerprint density at radius 1 is 1.90 bits per heavy atom. The van der Waals surface area contributed by atoms with Crippen LogP contribution in [0.15, 0.2) is 11.8 Å². The maximum absolute atomic E-state index is 10.3. The van der Waals surface area contributed by atoms with Gasteiger partial charge in [-0.05, 0) is 12.5 Å². The molecule has 0 aromatic carbocycles. The first kappa shape index (κ1) is 7.05. The van der Waals surface area contributed by atoms with Crippen LogP contribution in [0.4, 0.5) is 0 Å². The number of hydrogen-bond acceptors (Lipinski definition) is 3. The maximum Gasteiger partial charge on any atom is 0.290 e. The summed E-state index contributed by atoms with van der Waals surface area (Å²) in [5.74, 6) is 0. The summed E-state index contributed by atoms with van der Waals surface area (Å²) in [5, 5.41) is 10.3. The average molecular weight is 142 g/mol. The van der Waals surface area contributed by atoms with Gasteiger partial charge in [-0.15, -0.1) is 0 Å². The van der Waals surface area contributed by atoms with E-state index in [1.807, 2.05) is 13.1 Å². The molecular weight excluding hydrogens is 132 g/mol. The van der Waals surface area contributed by atoms with Crippen LogP contribution in [-0.2, 0) is 0 Å². The first-order valence-corrected chi connectivity index (χ1v) is 3.14. The third kappa shape index (κ3) is 1.10. The summed E-state index contributed by atoms with van der Waals surface area (Å²) in [5.41, 5.74) is 1.07. The molecule has 0 aromatic rings. The summed E-state index contributed by atoms with van der Waals surface area (Å²) < 4.78 is 0. The standard InChI is InChI=1S/C6H10N2O2/c1-5-3-6(8(9)10)7(2)4-5/h4,6H,3H2,1-2H3. The van der Waals surface area contributed by atoms with Crippen molar-refractivity contribution in [2.24, 2.45) is 0 Å². The van der Waals surface area contributed by atoms with Gasteiger partial charge in [-0.1, -0.05) is 0 Å². The van der Waals surface area contributed by atoms with Gasteiger partial charge in [0.25, 0.3) is 6.17 Å². The van der Waals surface area contributed by atoms with Crippen molar-refractivity contribution >= 4 is 0 Å². The van der Waals surface area contributed by atoms with Gasteiger partial charge in [-0.2, -0.15) is 0 Å². The van der Waals surface area contributed by atoms with Gasteiger partial charge in [0.1, 0.15) is 0 Å². The Morgan fingerprint density at radius 3 is 2.70 bits per heavy atom. The van der Waals surface area contributed by atoms with Crippen molar-refractivity contribution in [3.05, 3.63) is 21.9 Å². The van der Waals surface area contributed by atoms with Crippen LogP contribution in [0.25, 0.3) is 0 Å². The Balaban J connectivity index is 2.63. The van der Waals surface area contributed by atoms with Crippen molar-refractivity contribution in [1.29, 1.82) is 0 Å². The highest BCUT2D eigenvalue weighted by Gasteiger charge is 2.28. The molecule has 0 aromatic heterocycles. The van der Waals surface area contributed by atoms with E-state index in [0.717, 1.165) is 5.57 Å². The van der Waals surface area contributed by atoms with E-state index in [1.165, 1.54) is 0 Å². The molecule has 56 valence electrons. The Morgan fingerprint density at radius 2 is 2.50 bits per heavy atom. The van der Waals surface area contributed by atoms with Crippen LogP contribution in [-0.4, -0.2) is 23.0 Å². The molecule has 10 heavy (non-hydrogen) atoms. The molecule has 1 atom stereocenters. The molecule has 0 bridgehead atoms. The largest absolute Gasteiger partial charge is 0.320 e. The molecule has 0 aliphatic carbocycles. The predicted octanol–water partition coefficient (Wildman–Crippen LogP) is 0.829. The van der Waals surface area contributed by atoms with Gasteiger partial charge >= 0.3 is 0 Å². The highest BCUT2D eigenvalue weighted by molar-refractivity contribution is 5.05. The molecule has 0 spiro atoms. The second kappa shape index (κ2) is 2.28. The van der Waals surface area contributed by atoms with Crippen molar-refractivity contribution in [3.63, 3.8) is 0 Å². The van der Waals surface area contributed by atoms with Gasteiger partial charge in [-0.3, -0.25) is 10.1 Å². The topological polar surface area (TPSA) is 46.4 Å². The minimum atomic E-state index is -0.528. The Kier molecular flexibility index (Phi) is 1.61. The highest BCUT2D eigenvalue weighted by Crippen LogP contribution is 2.18. The van der Waals surface area contributed by atoms with E-state index in [9.17, 15) is 10.1 Å². The quantitative estimate of drug-likeness (QED) is 0.402. The fraction of sp³-hybridized carbons (Fsp3) is 0.667. The second-order valence-electron chi connectivity index (χ2n) is 2.61. The smallest absolute Gasteiger partial charge is 0.290 e. The molecule has 1 heterocycles. The monoisotopic (exact) mass is 142 g/mol.